The van der Waals surface area contributed by atoms with Crippen molar-refractivity contribution in [1.29, 1.82) is 0 Å². The molecule has 4 rings (SSSR count). The Kier molecular flexibility index (Phi) is 2.36. The summed E-state index contributed by atoms with van der Waals surface area (Å²) in [7, 11) is 0. The molecule has 2 atom stereocenters. The standard InChI is InChI=1S/C13H24N2O/c1-10-12(2,3)8-14-13(16-10)9-15-6-4-11(13)5-7-15/h10-11,14H,4-9H2,1-3H3. The molecule has 4 heterocycles. The van der Waals surface area contributed by atoms with Crippen LogP contribution in [0.3, 0.4) is 0 Å². The highest BCUT2D eigenvalue weighted by Gasteiger charge is 2.52. The molecular formula is C13H24N2O. The molecular weight excluding hydrogens is 200 g/mol. The maximum Gasteiger partial charge on any atom is 0.135 e. The number of fused-ring (bicyclic) bond motifs is 2. The van der Waals surface area contributed by atoms with E-state index >= 15 is 0 Å². The molecule has 0 amide bonds. The van der Waals surface area contributed by atoms with Gasteiger partial charge in [0.15, 0.2) is 0 Å². The summed E-state index contributed by atoms with van der Waals surface area (Å²) < 4.78 is 6.41. The van der Waals surface area contributed by atoms with Crippen molar-refractivity contribution >= 4 is 0 Å². The molecule has 0 aromatic rings. The Bertz CT molecular complexity index is 284. The number of ether oxygens (including phenoxy) is 1. The summed E-state index contributed by atoms with van der Waals surface area (Å²) in [4.78, 5) is 2.55. The average molecular weight is 224 g/mol. The third-order valence-corrected chi connectivity index (χ3v) is 5.04. The largest absolute Gasteiger partial charge is 0.355 e. The molecule has 0 radical (unpaired) electrons. The Morgan fingerprint density at radius 2 is 1.94 bits per heavy atom. The second kappa shape index (κ2) is 3.44. The van der Waals surface area contributed by atoms with Gasteiger partial charge >= 0.3 is 0 Å². The van der Waals surface area contributed by atoms with Crippen LogP contribution in [0.5, 0.6) is 0 Å². The first-order valence-corrected chi connectivity index (χ1v) is 6.67. The van der Waals surface area contributed by atoms with Gasteiger partial charge in [-0.1, -0.05) is 13.8 Å². The molecule has 0 aromatic heterocycles. The van der Waals surface area contributed by atoms with Crippen LogP contribution in [0, 0.1) is 11.3 Å². The van der Waals surface area contributed by atoms with E-state index < -0.39 is 0 Å². The third kappa shape index (κ3) is 1.52. The highest BCUT2D eigenvalue weighted by molar-refractivity contribution is 5.02. The first-order chi connectivity index (χ1) is 7.52. The van der Waals surface area contributed by atoms with E-state index in [1.165, 1.54) is 25.9 Å². The van der Waals surface area contributed by atoms with Crippen LogP contribution < -0.4 is 5.32 Å². The van der Waals surface area contributed by atoms with Gasteiger partial charge in [0, 0.05) is 24.4 Å². The summed E-state index contributed by atoms with van der Waals surface area (Å²) in [5.74, 6) is 0.732. The second-order valence-electron chi connectivity index (χ2n) is 6.54. The van der Waals surface area contributed by atoms with E-state index in [2.05, 4.69) is 31.0 Å². The Balaban J connectivity index is 1.80. The number of hydrogen-bond acceptors (Lipinski definition) is 3. The topological polar surface area (TPSA) is 24.5 Å². The lowest BCUT2D eigenvalue weighted by Gasteiger charge is -2.58. The van der Waals surface area contributed by atoms with Gasteiger partial charge in [-0.3, -0.25) is 10.2 Å². The summed E-state index contributed by atoms with van der Waals surface area (Å²) >= 11 is 0. The van der Waals surface area contributed by atoms with Gasteiger partial charge in [0.25, 0.3) is 0 Å². The van der Waals surface area contributed by atoms with E-state index in [4.69, 9.17) is 4.74 Å². The molecule has 2 unspecified atom stereocenters. The smallest absolute Gasteiger partial charge is 0.135 e. The molecule has 4 aliphatic heterocycles. The molecule has 0 aliphatic carbocycles. The number of hydrogen-bond donors (Lipinski definition) is 1. The van der Waals surface area contributed by atoms with Crippen molar-refractivity contribution in [2.24, 2.45) is 11.3 Å². The van der Waals surface area contributed by atoms with Crippen LogP contribution in [0.2, 0.25) is 0 Å². The van der Waals surface area contributed by atoms with Gasteiger partial charge in [-0.2, -0.15) is 0 Å². The molecule has 4 aliphatic rings. The van der Waals surface area contributed by atoms with Crippen LogP contribution in [0.25, 0.3) is 0 Å². The van der Waals surface area contributed by atoms with Crippen LogP contribution in [0.15, 0.2) is 0 Å². The molecule has 16 heavy (non-hydrogen) atoms. The van der Waals surface area contributed by atoms with Crippen LogP contribution in [0.1, 0.15) is 33.6 Å². The average Bonchev–Trinajstić information content (AvgIpc) is 2.27. The van der Waals surface area contributed by atoms with E-state index in [1.54, 1.807) is 0 Å². The van der Waals surface area contributed by atoms with Crippen molar-refractivity contribution in [3.05, 3.63) is 0 Å². The monoisotopic (exact) mass is 224 g/mol. The third-order valence-electron chi connectivity index (χ3n) is 5.04. The zero-order chi connectivity index (χ0) is 11.4. The number of piperidine rings is 3. The summed E-state index contributed by atoms with van der Waals surface area (Å²) in [5.41, 5.74) is 0.239. The number of rotatable bonds is 0. The molecule has 3 heteroatoms. The van der Waals surface area contributed by atoms with Gasteiger partial charge in [-0.05, 0) is 32.9 Å². The maximum absolute atomic E-state index is 6.41. The van der Waals surface area contributed by atoms with E-state index in [0.29, 0.717) is 6.10 Å². The maximum atomic E-state index is 6.41. The van der Waals surface area contributed by atoms with E-state index in [1.807, 2.05) is 0 Å². The molecule has 1 spiro atoms. The predicted molar refractivity (Wildman–Crippen MR) is 64.2 cm³/mol. The minimum absolute atomic E-state index is 0.0224. The van der Waals surface area contributed by atoms with Gasteiger partial charge in [0.1, 0.15) is 5.72 Å². The molecule has 4 fully saturated rings. The molecule has 2 bridgehead atoms. The minimum atomic E-state index is -0.0224. The van der Waals surface area contributed by atoms with Crippen LogP contribution in [0.4, 0.5) is 0 Å². The highest BCUT2D eigenvalue weighted by atomic mass is 16.5. The van der Waals surface area contributed by atoms with Crippen LogP contribution >= 0.6 is 0 Å². The molecule has 92 valence electrons. The molecule has 0 saturated carbocycles. The van der Waals surface area contributed by atoms with Crippen molar-refractivity contribution in [2.75, 3.05) is 26.2 Å². The van der Waals surface area contributed by atoms with Gasteiger partial charge in [-0.25, -0.2) is 0 Å². The lowest BCUT2D eigenvalue weighted by atomic mass is 9.76. The first kappa shape index (κ1) is 11.0. The highest BCUT2D eigenvalue weighted by Crippen LogP contribution is 2.42. The fraction of sp³-hybridized carbons (Fsp3) is 1.00. The fourth-order valence-corrected chi connectivity index (χ4v) is 3.39. The normalized spacial score (nSPS) is 50.8. The van der Waals surface area contributed by atoms with Crippen LogP contribution in [-0.4, -0.2) is 42.9 Å². The van der Waals surface area contributed by atoms with Crippen molar-refractivity contribution < 1.29 is 4.74 Å². The quantitative estimate of drug-likeness (QED) is 0.674. The van der Waals surface area contributed by atoms with Crippen LogP contribution in [-0.2, 0) is 4.74 Å². The summed E-state index contributed by atoms with van der Waals surface area (Å²) in [5, 5.41) is 3.72. The Morgan fingerprint density at radius 1 is 1.25 bits per heavy atom. The van der Waals surface area contributed by atoms with Crippen molar-refractivity contribution in [2.45, 2.75) is 45.4 Å². The molecule has 4 saturated heterocycles. The molecule has 1 N–H and O–H groups in total. The van der Waals surface area contributed by atoms with E-state index in [-0.39, 0.29) is 11.1 Å². The van der Waals surface area contributed by atoms with Crippen molar-refractivity contribution in [3.63, 3.8) is 0 Å². The van der Waals surface area contributed by atoms with E-state index in [0.717, 1.165) is 19.0 Å². The summed E-state index contributed by atoms with van der Waals surface area (Å²) in [6.45, 7) is 11.5. The summed E-state index contributed by atoms with van der Waals surface area (Å²) in [6.07, 6.45) is 2.97. The minimum Gasteiger partial charge on any atom is -0.355 e. The first-order valence-electron chi connectivity index (χ1n) is 6.67. The summed E-state index contributed by atoms with van der Waals surface area (Å²) in [6, 6.07) is 0. The predicted octanol–water partition coefficient (Wildman–Crippen LogP) is 1.44. The molecule has 0 aromatic carbocycles. The lowest BCUT2D eigenvalue weighted by Crippen LogP contribution is -2.72. The fourth-order valence-electron chi connectivity index (χ4n) is 3.39. The van der Waals surface area contributed by atoms with Crippen molar-refractivity contribution in [3.8, 4) is 0 Å². The Labute approximate surface area is 98.5 Å². The van der Waals surface area contributed by atoms with Gasteiger partial charge in [-0.15, -0.1) is 0 Å². The number of nitrogens with zero attached hydrogens (tertiary/aromatic N) is 1. The SMILES string of the molecule is CC1OC2(CN3CCC2CC3)NCC1(C)C. The van der Waals surface area contributed by atoms with Gasteiger partial charge < -0.3 is 4.74 Å². The molecule has 3 nitrogen and oxygen atoms in total. The van der Waals surface area contributed by atoms with E-state index in [9.17, 15) is 0 Å². The zero-order valence-electron chi connectivity index (χ0n) is 10.8. The Morgan fingerprint density at radius 3 is 2.44 bits per heavy atom. The Hall–Kier alpha value is -0.120. The second-order valence-corrected chi connectivity index (χ2v) is 6.54. The van der Waals surface area contributed by atoms with Crippen molar-refractivity contribution in [1.82, 2.24) is 10.2 Å². The van der Waals surface area contributed by atoms with Gasteiger partial charge in [0.05, 0.1) is 6.10 Å². The van der Waals surface area contributed by atoms with Gasteiger partial charge in [0.2, 0.25) is 0 Å². The number of nitrogens with one attached hydrogen (secondary N) is 1. The zero-order valence-corrected chi connectivity index (χ0v) is 10.8. The lowest BCUT2D eigenvalue weighted by molar-refractivity contribution is -0.242.